The first kappa shape index (κ1) is 21.5. The number of fused-ring (bicyclic) bond motifs is 1. The molecule has 3 rings (SSSR count). The van der Waals surface area contributed by atoms with Gasteiger partial charge in [0.15, 0.2) is 16.4 Å². The van der Waals surface area contributed by atoms with E-state index in [0.717, 1.165) is 21.9 Å². The number of rotatable bonds is 7. The molecule has 0 aliphatic carbocycles. The van der Waals surface area contributed by atoms with Crippen molar-refractivity contribution >= 4 is 38.2 Å². The van der Waals surface area contributed by atoms with E-state index >= 15 is 0 Å². The van der Waals surface area contributed by atoms with Gasteiger partial charge in [-0.1, -0.05) is 42.5 Å². The molecule has 0 radical (unpaired) electrons. The molecule has 156 valence electrons. The number of amides is 1. The van der Waals surface area contributed by atoms with Gasteiger partial charge in [-0.25, -0.2) is 8.42 Å². The number of ether oxygens (including phenoxy) is 1. The Morgan fingerprint density at radius 2 is 1.67 bits per heavy atom. The number of carbonyl (C=O) groups is 2. The van der Waals surface area contributed by atoms with Crippen molar-refractivity contribution < 1.29 is 22.7 Å². The van der Waals surface area contributed by atoms with E-state index in [4.69, 9.17) is 4.74 Å². The summed E-state index contributed by atoms with van der Waals surface area (Å²) >= 11 is 0. The van der Waals surface area contributed by atoms with Crippen molar-refractivity contribution in [1.29, 1.82) is 0 Å². The van der Waals surface area contributed by atoms with Crippen LogP contribution in [0.5, 0.6) is 0 Å². The van der Waals surface area contributed by atoms with E-state index in [1.165, 1.54) is 6.07 Å². The number of carbonyl (C=O) groups excluding carboxylic acids is 2. The molecule has 0 saturated heterocycles. The number of nitrogens with one attached hydrogen (secondary N) is 1. The molecule has 3 aromatic rings. The average molecular weight is 426 g/mol. The lowest BCUT2D eigenvalue weighted by atomic mass is 10.1. The molecule has 1 amide bonds. The van der Waals surface area contributed by atoms with E-state index < -0.39 is 28.3 Å². The van der Waals surface area contributed by atoms with Crippen LogP contribution in [0.1, 0.15) is 17.5 Å². The Bertz CT molecular complexity index is 1200. The quantitative estimate of drug-likeness (QED) is 0.582. The van der Waals surface area contributed by atoms with Crippen molar-refractivity contribution in [1.82, 2.24) is 0 Å². The number of hydrogen-bond acceptors (Lipinski definition) is 5. The maximum Gasteiger partial charge on any atom is 0.307 e. The van der Waals surface area contributed by atoms with Gasteiger partial charge in [-0.2, -0.15) is 0 Å². The number of sulfone groups is 1. The van der Waals surface area contributed by atoms with Gasteiger partial charge in [0.2, 0.25) is 0 Å². The smallest absolute Gasteiger partial charge is 0.307 e. The number of aryl methyl sites for hydroxylation is 1. The molecular formula is C23H23NO5S. The Hall–Kier alpha value is -3.19. The molecule has 0 aliphatic rings. The molecular weight excluding hydrogens is 402 g/mol. The molecule has 0 fully saturated rings. The van der Waals surface area contributed by atoms with E-state index in [2.05, 4.69) is 5.32 Å². The van der Waals surface area contributed by atoms with Crippen LogP contribution in [0.2, 0.25) is 0 Å². The summed E-state index contributed by atoms with van der Waals surface area (Å²) in [7, 11) is -3.65. The number of anilines is 1. The van der Waals surface area contributed by atoms with Crippen LogP contribution >= 0.6 is 0 Å². The van der Waals surface area contributed by atoms with Gasteiger partial charge in [0.1, 0.15) is 0 Å². The van der Waals surface area contributed by atoms with Gasteiger partial charge in [-0.05, 0) is 53.9 Å². The summed E-state index contributed by atoms with van der Waals surface area (Å²) in [4.78, 5) is 24.1. The van der Waals surface area contributed by atoms with E-state index in [0.29, 0.717) is 5.69 Å². The summed E-state index contributed by atoms with van der Waals surface area (Å²) in [5, 5.41) is 4.43. The Morgan fingerprint density at radius 3 is 2.43 bits per heavy atom. The van der Waals surface area contributed by atoms with Crippen LogP contribution in [0.25, 0.3) is 10.8 Å². The molecule has 0 bridgehead atoms. The van der Waals surface area contributed by atoms with Gasteiger partial charge in [0.05, 0.1) is 17.1 Å². The minimum atomic E-state index is -3.65. The fourth-order valence-electron chi connectivity index (χ4n) is 2.99. The van der Waals surface area contributed by atoms with Gasteiger partial charge >= 0.3 is 5.97 Å². The van der Waals surface area contributed by atoms with Gasteiger partial charge < -0.3 is 10.1 Å². The molecule has 0 unspecified atom stereocenters. The Kier molecular flexibility index (Phi) is 6.52. The summed E-state index contributed by atoms with van der Waals surface area (Å²) in [6.07, 6.45) is -0.327. The highest BCUT2D eigenvalue weighted by Gasteiger charge is 2.18. The van der Waals surface area contributed by atoms with Crippen molar-refractivity contribution in [2.24, 2.45) is 0 Å². The largest absolute Gasteiger partial charge is 0.456 e. The highest BCUT2D eigenvalue weighted by Crippen LogP contribution is 2.20. The fourth-order valence-corrected chi connectivity index (χ4v) is 4.24. The monoisotopic (exact) mass is 425 g/mol. The van der Waals surface area contributed by atoms with E-state index in [1.807, 2.05) is 50.2 Å². The third kappa shape index (κ3) is 5.24. The molecule has 6 nitrogen and oxygen atoms in total. The maximum atomic E-state index is 12.5. The van der Waals surface area contributed by atoms with E-state index in [9.17, 15) is 18.0 Å². The SMILES string of the molecule is Cc1cccc(NC(=O)COC(=O)CCS(=O)(=O)c2ccc3ccccc3c2)c1C. The first-order valence-electron chi connectivity index (χ1n) is 9.49. The second-order valence-corrected chi connectivity index (χ2v) is 9.14. The summed E-state index contributed by atoms with van der Waals surface area (Å²) < 4.78 is 30.0. The molecule has 0 aromatic heterocycles. The molecule has 7 heteroatoms. The number of hydrogen-bond donors (Lipinski definition) is 1. The first-order valence-corrected chi connectivity index (χ1v) is 11.1. The minimum absolute atomic E-state index is 0.154. The Labute approximate surface area is 175 Å². The lowest BCUT2D eigenvalue weighted by Crippen LogP contribution is -2.22. The zero-order valence-electron chi connectivity index (χ0n) is 16.8. The molecule has 0 atom stereocenters. The first-order chi connectivity index (χ1) is 14.3. The second kappa shape index (κ2) is 9.09. The summed E-state index contributed by atoms with van der Waals surface area (Å²) in [6.45, 7) is 3.35. The standard InChI is InChI=1S/C23H23NO5S/c1-16-6-5-9-21(17(16)2)24-22(25)15-29-23(26)12-13-30(27,28)20-11-10-18-7-3-4-8-19(18)14-20/h3-11,14H,12-13,15H2,1-2H3,(H,24,25). The minimum Gasteiger partial charge on any atom is -0.456 e. The fraction of sp³-hybridized carbons (Fsp3) is 0.217. The zero-order valence-corrected chi connectivity index (χ0v) is 17.7. The molecule has 30 heavy (non-hydrogen) atoms. The maximum absolute atomic E-state index is 12.5. The van der Waals surface area contributed by atoms with Gasteiger partial charge in [-0.15, -0.1) is 0 Å². The highest BCUT2D eigenvalue weighted by atomic mass is 32.2. The van der Waals surface area contributed by atoms with Crippen LogP contribution in [-0.4, -0.2) is 32.7 Å². The van der Waals surface area contributed by atoms with Gasteiger partial charge in [0, 0.05) is 5.69 Å². The lowest BCUT2D eigenvalue weighted by Gasteiger charge is -2.11. The Balaban J connectivity index is 1.53. The van der Waals surface area contributed by atoms with E-state index in [-0.39, 0.29) is 17.1 Å². The molecule has 1 N–H and O–H groups in total. The predicted octanol–water partition coefficient (Wildman–Crippen LogP) is 3.80. The normalized spacial score (nSPS) is 11.3. The van der Waals surface area contributed by atoms with Crippen LogP contribution < -0.4 is 5.32 Å². The lowest BCUT2D eigenvalue weighted by molar-refractivity contribution is -0.146. The van der Waals surface area contributed by atoms with Crippen LogP contribution in [0, 0.1) is 13.8 Å². The second-order valence-electron chi connectivity index (χ2n) is 7.03. The Morgan fingerprint density at radius 1 is 0.933 bits per heavy atom. The topological polar surface area (TPSA) is 89.5 Å². The van der Waals surface area contributed by atoms with Crippen molar-refractivity contribution in [3.8, 4) is 0 Å². The molecule has 3 aromatic carbocycles. The molecule has 0 heterocycles. The number of esters is 1. The molecule has 0 saturated carbocycles. The van der Waals surface area contributed by atoms with Crippen molar-refractivity contribution in [3.63, 3.8) is 0 Å². The van der Waals surface area contributed by atoms with Gasteiger partial charge in [-0.3, -0.25) is 9.59 Å². The third-order valence-electron chi connectivity index (χ3n) is 4.90. The van der Waals surface area contributed by atoms with Crippen molar-refractivity contribution in [2.45, 2.75) is 25.2 Å². The van der Waals surface area contributed by atoms with Crippen LogP contribution in [-0.2, 0) is 24.2 Å². The van der Waals surface area contributed by atoms with Crippen molar-refractivity contribution in [2.75, 3.05) is 17.7 Å². The summed E-state index contributed by atoms with van der Waals surface area (Å²) in [6, 6.07) is 17.8. The number of benzene rings is 3. The van der Waals surface area contributed by atoms with Crippen LogP contribution in [0.3, 0.4) is 0 Å². The summed E-state index contributed by atoms with van der Waals surface area (Å²) in [5.74, 6) is -1.60. The van der Waals surface area contributed by atoms with Crippen LogP contribution in [0.15, 0.2) is 65.6 Å². The van der Waals surface area contributed by atoms with E-state index in [1.54, 1.807) is 18.2 Å². The average Bonchev–Trinajstić information content (AvgIpc) is 2.73. The highest BCUT2D eigenvalue weighted by molar-refractivity contribution is 7.91. The zero-order chi connectivity index (χ0) is 21.7. The van der Waals surface area contributed by atoms with Gasteiger partial charge in [0.25, 0.3) is 5.91 Å². The molecule has 0 aliphatic heterocycles. The summed E-state index contributed by atoms with van der Waals surface area (Å²) in [5.41, 5.74) is 2.61. The molecule has 0 spiro atoms. The van der Waals surface area contributed by atoms with Crippen LogP contribution in [0.4, 0.5) is 5.69 Å². The van der Waals surface area contributed by atoms with Crippen molar-refractivity contribution in [3.05, 3.63) is 71.8 Å². The third-order valence-corrected chi connectivity index (χ3v) is 6.61. The predicted molar refractivity (Wildman–Crippen MR) is 116 cm³/mol.